The Labute approximate surface area is 73.5 Å². The molecule has 0 heterocycles. The van der Waals surface area contributed by atoms with Crippen LogP contribution in [-0.4, -0.2) is 49.2 Å². The first-order chi connectivity index (χ1) is 5.77. The van der Waals surface area contributed by atoms with E-state index in [0.29, 0.717) is 19.8 Å². The SMILES string of the molecule is C[C@@H](O)CNCCCOCCO. The van der Waals surface area contributed by atoms with Crippen molar-refractivity contribution < 1.29 is 14.9 Å². The average molecular weight is 177 g/mol. The molecule has 0 saturated carbocycles. The van der Waals surface area contributed by atoms with Gasteiger partial charge in [0.15, 0.2) is 0 Å². The summed E-state index contributed by atoms with van der Waals surface area (Å²) in [6, 6.07) is 0. The minimum atomic E-state index is -0.289. The van der Waals surface area contributed by atoms with Crippen LogP contribution in [0, 0.1) is 0 Å². The zero-order chi connectivity index (χ0) is 9.23. The quantitative estimate of drug-likeness (QED) is 0.431. The molecule has 0 aromatic rings. The highest BCUT2D eigenvalue weighted by molar-refractivity contribution is 4.52. The van der Waals surface area contributed by atoms with Crippen LogP contribution in [0.25, 0.3) is 0 Å². The van der Waals surface area contributed by atoms with Gasteiger partial charge in [-0.3, -0.25) is 0 Å². The molecule has 0 radical (unpaired) electrons. The fourth-order valence-electron chi connectivity index (χ4n) is 0.777. The maximum atomic E-state index is 8.87. The molecule has 4 heteroatoms. The molecule has 0 rings (SSSR count). The molecule has 0 unspecified atom stereocenters. The summed E-state index contributed by atoms with van der Waals surface area (Å²) in [4.78, 5) is 0. The molecule has 3 N–H and O–H groups in total. The Bertz CT molecular complexity index is 88.4. The topological polar surface area (TPSA) is 61.7 Å². The molecule has 0 aliphatic carbocycles. The lowest BCUT2D eigenvalue weighted by molar-refractivity contribution is 0.0901. The molecule has 1 atom stereocenters. The van der Waals surface area contributed by atoms with Crippen molar-refractivity contribution >= 4 is 0 Å². The Kier molecular flexibility index (Phi) is 8.81. The predicted molar refractivity (Wildman–Crippen MR) is 47.1 cm³/mol. The first kappa shape index (κ1) is 11.8. The summed E-state index contributed by atoms with van der Waals surface area (Å²) in [5.74, 6) is 0. The van der Waals surface area contributed by atoms with Crippen LogP contribution < -0.4 is 5.32 Å². The fourth-order valence-corrected chi connectivity index (χ4v) is 0.777. The average Bonchev–Trinajstić information content (AvgIpc) is 2.02. The second-order valence-corrected chi connectivity index (χ2v) is 2.74. The largest absolute Gasteiger partial charge is 0.394 e. The number of ether oxygens (including phenoxy) is 1. The van der Waals surface area contributed by atoms with Gasteiger partial charge in [-0.25, -0.2) is 0 Å². The predicted octanol–water partition coefficient (Wildman–Crippen LogP) is -0.644. The van der Waals surface area contributed by atoms with Crippen LogP contribution in [-0.2, 0) is 4.74 Å². The van der Waals surface area contributed by atoms with Crippen molar-refractivity contribution in [3.63, 3.8) is 0 Å². The second kappa shape index (κ2) is 8.93. The van der Waals surface area contributed by atoms with Crippen LogP contribution in [0.2, 0.25) is 0 Å². The van der Waals surface area contributed by atoms with Gasteiger partial charge in [-0.15, -0.1) is 0 Å². The van der Waals surface area contributed by atoms with Gasteiger partial charge in [0, 0.05) is 13.2 Å². The minimum absolute atomic E-state index is 0.0844. The Morgan fingerprint density at radius 2 is 2.17 bits per heavy atom. The van der Waals surface area contributed by atoms with Gasteiger partial charge in [0.1, 0.15) is 0 Å². The number of rotatable bonds is 8. The fraction of sp³-hybridized carbons (Fsp3) is 1.00. The van der Waals surface area contributed by atoms with E-state index >= 15 is 0 Å². The molecule has 0 aromatic carbocycles. The molecule has 4 nitrogen and oxygen atoms in total. The Morgan fingerprint density at radius 1 is 1.42 bits per heavy atom. The van der Waals surface area contributed by atoms with Crippen molar-refractivity contribution in [2.75, 3.05) is 32.9 Å². The van der Waals surface area contributed by atoms with Crippen LogP contribution in [0.15, 0.2) is 0 Å². The third-order valence-electron chi connectivity index (χ3n) is 1.32. The van der Waals surface area contributed by atoms with E-state index < -0.39 is 0 Å². The van der Waals surface area contributed by atoms with E-state index in [0.717, 1.165) is 13.0 Å². The van der Waals surface area contributed by atoms with Crippen LogP contribution in [0.5, 0.6) is 0 Å². The van der Waals surface area contributed by atoms with Crippen LogP contribution in [0.3, 0.4) is 0 Å². The number of aliphatic hydroxyl groups is 2. The zero-order valence-electron chi connectivity index (χ0n) is 7.62. The molecule has 12 heavy (non-hydrogen) atoms. The van der Waals surface area contributed by atoms with Crippen molar-refractivity contribution in [1.29, 1.82) is 0 Å². The highest BCUT2D eigenvalue weighted by atomic mass is 16.5. The molecule has 0 saturated heterocycles. The third kappa shape index (κ3) is 9.84. The van der Waals surface area contributed by atoms with Gasteiger partial charge in [0.05, 0.1) is 19.3 Å². The summed E-state index contributed by atoms with van der Waals surface area (Å²) in [5.41, 5.74) is 0. The van der Waals surface area contributed by atoms with Crippen LogP contribution >= 0.6 is 0 Å². The van der Waals surface area contributed by atoms with Gasteiger partial charge in [0.2, 0.25) is 0 Å². The van der Waals surface area contributed by atoms with Crippen molar-refractivity contribution in [2.24, 2.45) is 0 Å². The van der Waals surface area contributed by atoms with Gasteiger partial charge in [0.25, 0.3) is 0 Å². The number of hydrogen-bond donors (Lipinski definition) is 3. The summed E-state index contributed by atoms with van der Waals surface area (Å²) >= 11 is 0. The number of aliphatic hydroxyl groups excluding tert-OH is 2. The van der Waals surface area contributed by atoms with E-state index in [4.69, 9.17) is 14.9 Å². The normalized spacial score (nSPS) is 13.2. The molecule has 74 valence electrons. The van der Waals surface area contributed by atoms with Crippen LogP contribution in [0.4, 0.5) is 0 Å². The summed E-state index contributed by atoms with van der Waals surface area (Å²) < 4.78 is 5.04. The lowest BCUT2D eigenvalue weighted by atomic mass is 10.4. The Balaban J connectivity index is 2.82. The van der Waals surface area contributed by atoms with E-state index in [2.05, 4.69) is 5.32 Å². The molecule has 0 aromatic heterocycles. The number of hydrogen-bond acceptors (Lipinski definition) is 4. The number of nitrogens with one attached hydrogen (secondary N) is 1. The molecular formula is C8H19NO3. The molecule has 0 spiro atoms. The Morgan fingerprint density at radius 3 is 2.75 bits per heavy atom. The van der Waals surface area contributed by atoms with E-state index in [9.17, 15) is 0 Å². The molecule has 0 aliphatic heterocycles. The lowest BCUT2D eigenvalue weighted by Crippen LogP contribution is -2.26. The maximum absolute atomic E-state index is 8.87. The summed E-state index contributed by atoms with van der Waals surface area (Å²) in [6.45, 7) is 4.37. The van der Waals surface area contributed by atoms with Crippen LogP contribution in [0.1, 0.15) is 13.3 Å². The van der Waals surface area contributed by atoms with Gasteiger partial charge in [-0.2, -0.15) is 0 Å². The van der Waals surface area contributed by atoms with E-state index in [1.54, 1.807) is 6.92 Å². The lowest BCUT2D eigenvalue weighted by Gasteiger charge is -2.06. The van der Waals surface area contributed by atoms with E-state index in [1.165, 1.54) is 0 Å². The summed E-state index contributed by atoms with van der Waals surface area (Å²) in [6.07, 6.45) is 0.621. The van der Waals surface area contributed by atoms with Crippen molar-refractivity contribution in [2.45, 2.75) is 19.4 Å². The van der Waals surface area contributed by atoms with Crippen molar-refractivity contribution in [3.05, 3.63) is 0 Å². The van der Waals surface area contributed by atoms with Gasteiger partial charge < -0.3 is 20.3 Å². The molecule has 0 bridgehead atoms. The molecule has 0 amide bonds. The van der Waals surface area contributed by atoms with E-state index in [-0.39, 0.29) is 12.7 Å². The minimum Gasteiger partial charge on any atom is -0.394 e. The Hall–Kier alpha value is -0.160. The van der Waals surface area contributed by atoms with Crippen molar-refractivity contribution in [3.8, 4) is 0 Å². The first-order valence-electron chi connectivity index (χ1n) is 4.34. The highest BCUT2D eigenvalue weighted by Gasteiger charge is 1.93. The standard InChI is InChI=1S/C8H19NO3/c1-8(11)7-9-3-2-5-12-6-4-10/h8-11H,2-7H2,1H3/t8-/m1/s1. The maximum Gasteiger partial charge on any atom is 0.0697 e. The van der Waals surface area contributed by atoms with Gasteiger partial charge >= 0.3 is 0 Å². The van der Waals surface area contributed by atoms with Crippen molar-refractivity contribution in [1.82, 2.24) is 5.32 Å². The molecule has 0 fully saturated rings. The van der Waals surface area contributed by atoms with Gasteiger partial charge in [-0.05, 0) is 19.9 Å². The third-order valence-corrected chi connectivity index (χ3v) is 1.32. The molecule has 0 aliphatic rings. The highest BCUT2D eigenvalue weighted by Crippen LogP contribution is 1.81. The first-order valence-corrected chi connectivity index (χ1v) is 4.34. The van der Waals surface area contributed by atoms with E-state index in [1.807, 2.05) is 0 Å². The molecular weight excluding hydrogens is 158 g/mol. The zero-order valence-corrected chi connectivity index (χ0v) is 7.62. The smallest absolute Gasteiger partial charge is 0.0697 e. The van der Waals surface area contributed by atoms with Gasteiger partial charge in [-0.1, -0.05) is 0 Å². The monoisotopic (exact) mass is 177 g/mol. The summed E-state index contributed by atoms with van der Waals surface area (Å²) in [5, 5.41) is 20.3. The second-order valence-electron chi connectivity index (χ2n) is 2.74. The summed E-state index contributed by atoms with van der Waals surface area (Å²) in [7, 11) is 0.